The van der Waals surface area contributed by atoms with Gasteiger partial charge in [-0.3, -0.25) is 0 Å². The van der Waals surface area contributed by atoms with Crippen LogP contribution in [0.15, 0.2) is 72.8 Å². The molecule has 0 heterocycles. The molecule has 0 aromatic heterocycles. The summed E-state index contributed by atoms with van der Waals surface area (Å²) in [6.45, 7) is 0.733. The Kier molecular flexibility index (Phi) is 5.19. The first-order chi connectivity index (χ1) is 11.2. The highest BCUT2D eigenvalue weighted by atomic mass is 35.5. The lowest BCUT2D eigenvalue weighted by molar-refractivity contribution is 0.801. The Morgan fingerprint density at radius 1 is 0.696 bits per heavy atom. The fourth-order valence-corrected chi connectivity index (χ4v) is 2.56. The molecule has 0 bridgehead atoms. The van der Waals surface area contributed by atoms with E-state index >= 15 is 0 Å². The zero-order valence-electron chi connectivity index (χ0n) is 12.4. The second-order valence-electron chi connectivity index (χ2n) is 5.17. The van der Waals surface area contributed by atoms with Crippen LogP contribution in [-0.2, 0) is 6.54 Å². The van der Waals surface area contributed by atoms with Gasteiger partial charge in [0.25, 0.3) is 0 Å². The van der Waals surface area contributed by atoms with E-state index in [0.717, 1.165) is 23.4 Å². The molecule has 4 heteroatoms. The predicted molar refractivity (Wildman–Crippen MR) is 98.8 cm³/mol. The number of halogens is 2. The summed E-state index contributed by atoms with van der Waals surface area (Å²) in [5.41, 5.74) is 10.8. The molecule has 0 aliphatic rings. The van der Waals surface area contributed by atoms with Crippen molar-refractivity contribution in [2.75, 3.05) is 5.43 Å². The lowest BCUT2D eigenvalue weighted by Crippen LogP contribution is -2.20. The van der Waals surface area contributed by atoms with Gasteiger partial charge in [0.2, 0.25) is 0 Å². The molecule has 0 aliphatic carbocycles. The summed E-state index contributed by atoms with van der Waals surface area (Å²) in [4.78, 5) is 0. The molecule has 0 unspecified atom stereocenters. The number of hydrazine groups is 1. The first-order valence-electron chi connectivity index (χ1n) is 7.31. The van der Waals surface area contributed by atoms with Crippen LogP contribution in [0.25, 0.3) is 11.1 Å². The van der Waals surface area contributed by atoms with Gasteiger partial charge in [-0.15, -0.1) is 0 Å². The highest BCUT2D eigenvalue weighted by molar-refractivity contribution is 6.42. The van der Waals surface area contributed by atoms with Crippen LogP contribution in [0.3, 0.4) is 0 Å². The summed E-state index contributed by atoms with van der Waals surface area (Å²) in [6.07, 6.45) is 0. The lowest BCUT2D eigenvalue weighted by Gasteiger charge is -2.09. The summed E-state index contributed by atoms with van der Waals surface area (Å²) in [5, 5.41) is 1.14. The molecule has 0 aliphatic heterocycles. The third kappa shape index (κ3) is 4.26. The minimum absolute atomic E-state index is 0.571. The van der Waals surface area contributed by atoms with Gasteiger partial charge >= 0.3 is 0 Å². The molecule has 0 saturated heterocycles. The molecule has 0 spiro atoms. The maximum absolute atomic E-state index is 6.07. The van der Waals surface area contributed by atoms with Crippen molar-refractivity contribution < 1.29 is 0 Å². The Hall–Kier alpha value is -2.00. The quantitative estimate of drug-likeness (QED) is 0.574. The average molecular weight is 343 g/mol. The molecule has 23 heavy (non-hydrogen) atoms. The summed E-state index contributed by atoms with van der Waals surface area (Å²) in [6, 6.07) is 24.0. The number of hydrogen-bond donors (Lipinski definition) is 2. The first-order valence-corrected chi connectivity index (χ1v) is 8.06. The SMILES string of the molecule is Clc1ccc(-c2ccc(CNNc3ccccc3)cc2)cc1Cl. The van der Waals surface area contributed by atoms with E-state index in [2.05, 4.69) is 35.1 Å². The number of nitrogens with one attached hydrogen (secondary N) is 2. The van der Waals surface area contributed by atoms with Crippen molar-refractivity contribution in [2.45, 2.75) is 6.54 Å². The van der Waals surface area contributed by atoms with Crippen LogP contribution < -0.4 is 10.9 Å². The maximum Gasteiger partial charge on any atom is 0.0598 e. The van der Waals surface area contributed by atoms with E-state index in [9.17, 15) is 0 Å². The van der Waals surface area contributed by atoms with Crippen LogP contribution in [0, 0.1) is 0 Å². The zero-order chi connectivity index (χ0) is 16.1. The molecule has 2 nitrogen and oxygen atoms in total. The van der Waals surface area contributed by atoms with Crippen LogP contribution in [-0.4, -0.2) is 0 Å². The molecule has 0 fully saturated rings. The van der Waals surface area contributed by atoms with Gasteiger partial charge in [-0.25, -0.2) is 5.43 Å². The van der Waals surface area contributed by atoms with Crippen molar-refractivity contribution >= 4 is 28.9 Å². The second kappa shape index (κ2) is 7.51. The molecule has 116 valence electrons. The number of rotatable bonds is 5. The van der Waals surface area contributed by atoms with Crippen LogP contribution in [0.5, 0.6) is 0 Å². The van der Waals surface area contributed by atoms with Gasteiger partial charge in [0.05, 0.1) is 10.0 Å². The normalized spacial score (nSPS) is 10.5. The number of benzene rings is 3. The molecular formula is C19H16Cl2N2. The number of anilines is 1. The van der Waals surface area contributed by atoms with Gasteiger partial charge in [-0.2, -0.15) is 0 Å². The van der Waals surface area contributed by atoms with Gasteiger partial charge in [-0.1, -0.05) is 71.7 Å². The third-order valence-corrected chi connectivity index (χ3v) is 4.24. The van der Waals surface area contributed by atoms with E-state index in [1.807, 2.05) is 48.5 Å². The van der Waals surface area contributed by atoms with E-state index in [1.165, 1.54) is 5.56 Å². The van der Waals surface area contributed by atoms with Crippen molar-refractivity contribution in [3.05, 3.63) is 88.4 Å². The van der Waals surface area contributed by atoms with Crippen LogP contribution in [0.4, 0.5) is 5.69 Å². The summed E-state index contributed by atoms with van der Waals surface area (Å²) in [7, 11) is 0. The molecular weight excluding hydrogens is 327 g/mol. The van der Waals surface area contributed by atoms with Gasteiger partial charge < -0.3 is 5.43 Å². The van der Waals surface area contributed by atoms with Crippen molar-refractivity contribution in [1.82, 2.24) is 5.43 Å². The van der Waals surface area contributed by atoms with E-state index < -0.39 is 0 Å². The molecule has 3 rings (SSSR count). The average Bonchev–Trinajstić information content (AvgIpc) is 2.59. The van der Waals surface area contributed by atoms with E-state index in [4.69, 9.17) is 23.2 Å². The first kappa shape index (κ1) is 15.9. The molecule has 0 saturated carbocycles. The van der Waals surface area contributed by atoms with E-state index in [0.29, 0.717) is 10.0 Å². The topological polar surface area (TPSA) is 24.1 Å². The van der Waals surface area contributed by atoms with Crippen LogP contribution in [0.2, 0.25) is 10.0 Å². The largest absolute Gasteiger partial charge is 0.321 e. The van der Waals surface area contributed by atoms with Crippen molar-refractivity contribution in [1.29, 1.82) is 0 Å². The highest BCUT2D eigenvalue weighted by Gasteiger charge is 2.02. The van der Waals surface area contributed by atoms with Crippen molar-refractivity contribution in [3.63, 3.8) is 0 Å². The fourth-order valence-electron chi connectivity index (χ4n) is 2.26. The maximum atomic E-state index is 6.07. The Labute approximate surface area is 146 Å². The standard InChI is InChI=1S/C19H16Cl2N2/c20-18-11-10-16(12-19(18)21)15-8-6-14(7-9-15)13-22-23-17-4-2-1-3-5-17/h1-12,22-23H,13H2. The predicted octanol–water partition coefficient (Wildman–Crippen LogP) is 5.78. The lowest BCUT2D eigenvalue weighted by atomic mass is 10.0. The van der Waals surface area contributed by atoms with Gasteiger partial charge in [0.15, 0.2) is 0 Å². The number of hydrogen-bond acceptors (Lipinski definition) is 2. The second-order valence-corrected chi connectivity index (χ2v) is 5.98. The molecule has 3 aromatic carbocycles. The Morgan fingerprint density at radius 3 is 2.09 bits per heavy atom. The van der Waals surface area contributed by atoms with E-state index in [-0.39, 0.29) is 0 Å². The van der Waals surface area contributed by atoms with Gasteiger partial charge in [-0.05, 0) is 41.0 Å². The molecule has 0 radical (unpaired) electrons. The van der Waals surface area contributed by atoms with Crippen LogP contribution >= 0.6 is 23.2 Å². The Balaban J connectivity index is 1.61. The van der Waals surface area contributed by atoms with Gasteiger partial charge in [0, 0.05) is 12.2 Å². The molecule has 0 amide bonds. The number of para-hydroxylation sites is 1. The zero-order valence-corrected chi connectivity index (χ0v) is 13.9. The fraction of sp³-hybridized carbons (Fsp3) is 0.0526. The third-order valence-electron chi connectivity index (χ3n) is 3.51. The van der Waals surface area contributed by atoms with Crippen molar-refractivity contribution in [3.8, 4) is 11.1 Å². The molecule has 3 aromatic rings. The van der Waals surface area contributed by atoms with E-state index in [1.54, 1.807) is 0 Å². The van der Waals surface area contributed by atoms with Gasteiger partial charge in [0.1, 0.15) is 0 Å². The summed E-state index contributed by atoms with van der Waals surface area (Å²) >= 11 is 12.0. The minimum Gasteiger partial charge on any atom is -0.321 e. The molecule has 2 N–H and O–H groups in total. The monoisotopic (exact) mass is 342 g/mol. The Bertz CT molecular complexity index is 771. The molecule has 0 atom stereocenters. The summed E-state index contributed by atoms with van der Waals surface area (Å²) in [5.74, 6) is 0. The summed E-state index contributed by atoms with van der Waals surface area (Å²) < 4.78 is 0. The highest BCUT2D eigenvalue weighted by Crippen LogP contribution is 2.28. The smallest absolute Gasteiger partial charge is 0.0598 e. The van der Waals surface area contributed by atoms with Crippen LogP contribution in [0.1, 0.15) is 5.56 Å². The van der Waals surface area contributed by atoms with Crippen molar-refractivity contribution in [2.24, 2.45) is 0 Å². The Morgan fingerprint density at radius 2 is 1.39 bits per heavy atom. The minimum atomic E-state index is 0.571.